The van der Waals surface area contributed by atoms with Crippen molar-refractivity contribution in [1.82, 2.24) is 0 Å². The zero-order valence-electron chi connectivity index (χ0n) is 33.4. The molecule has 9 aromatic carbocycles. The molecule has 1 spiro atoms. The molecule has 1 aromatic heterocycles. The monoisotopic (exact) mass is 777 g/mol. The van der Waals surface area contributed by atoms with Crippen molar-refractivity contribution in [3.8, 4) is 67.0 Å². The maximum absolute atomic E-state index is 5.75. The topological polar surface area (TPSA) is 16.4 Å². The summed E-state index contributed by atoms with van der Waals surface area (Å²) in [4.78, 5) is 2.42. The van der Waals surface area contributed by atoms with Gasteiger partial charge < -0.3 is 9.32 Å². The minimum atomic E-state index is -0.570. The Labute approximate surface area is 356 Å². The van der Waals surface area contributed by atoms with Gasteiger partial charge in [-0.3, -0.25) is 0 Å². The fraction of sp³-hybridized carbons (Fsp3) is 0.0169. The van der Waals surface area contributed by atoms with Gasteiger partial charge in [0.05, 0.1) is 11.7 Å². The molecule has 0 unspecified atom stereocenters. The first-order valence-electron chi connectivity index (χ1n) is 21.0. The second kappa shape index (κ2) is 14.1. The van der Waals surface area contributed by atoms with E-state index in [1.165, 1.54) is 66.8 Å². The molecule has 12 rings (SSSR count). The fourth-order valence-corrected chi connectivity index (χ4v) is 10.2. The van der Waals surface area contributed by atoms with E-state index in [2.05, 4.69) is 223 Å². The van der Waals surface area contributed by atoms with Gasteiger partial charge in [-0.2, -0.15) is 0 Å². The van der Waals surface area contributed by atoms with Gasteiger partial charge in [0.1, 0.15) is 5.76 Å². The van der Waals surface area contributed by atoms with Crippen LogP contribution in [0.4, 0.5) is 17.1 Å². The van der Waals surface area contributed by atoms with E-state index in [-0.39, 0.29) is 0 Å². The smallest absolute Gasteiger partial charge is 0.133 e. The van der Waals surface area contributed by atoms with Crippen molar-refractivity contribution in [3.63, 3.8) is 0 Å². The van der Waals surface area contributed by atoms with Crippen molar-refractivity contribution >= 4 is 17.1 Å². The van der Waals surface area contributed by atoms with Crippen LogP contribution < -0.4 is 4.90 Å². The number of hydrogen-bond acceptors (Lipinski definition) is 2. The lowest BCUT2D eigenvalue weighted by atomic mass is 9.66. The van der Waals surface area contributed by atoms with Crippen molar-refractivity contribution in [2.24, 2.45) is 0 Å². The number of benzene rings is 9. The van der Waals surface area contributed by atoms with Crippen molar-refractivity contribution in [2.75, 3.05) is 4.90 Å². The van der Waals surface area contributed by atoms with Crippen LogP contribution in [0.3, 0.4) is 0 Å². The van der Waals surface area contributed by atoms with Crippen LogP contribution in [0.25, 0.3) is 67.0 Å². The molecule has 0 saturated heterocycles. The predicted octanol–water partition coefficient (Wildman–Crippen LogP) is 15.8. The van der Waals surface area contributed by atoms with E-state index in [1.807, 2.05) is 12.1 Å². The lowest BCUT2D eigenvalue weighted by Crippen LogP contribution is -2.29. The normalized spacial score (nSPS) is 12.7. The Morgan fingerprint density at radius 1 is 0.279 bits per heavy atom. The number of furan rings is 1. The summed E-state index contributed by atoms with van der Waals surface area (Å²) in [6.07, 6.45) is 1.73. The van der Waals surface area contributed by atoms with Gasteiger partial charge in [-0.15, -0.1) is 0 Å². The van der Waals surface area contributed by atoms with Crippen LogP contribution in [0.1, 0.15) is 22.3 Å². The highest BCUT2D eigenvalue weighted by atomic mass is 16.3. The fourth-order valence-electron chi connectivity index (χ4n) is 10.2. The van der Waals surface area contributed by atoms with Gasteiger partial charge in [-0.05, 0) is 132 Å². The number of rotatable bonds is 6. The molecule has 0 aliphatic heterocycles. The molecule has 0 bridgehead atoms. The first-order chi connectivity index (χ1) is 30.3. The Bertz CT molecular complexity index is 3190. The predicted molar refractivity (Wildman–Crippen MR) is 251 cm³/mol. The van der Waals surface area contributed by atoms with Crippen LogP contribution in [0.15, 0.2) is 241 Å². The molecule has 1 heterocycles. The third kappa shape index (κ3) is 5.50. The molecule has 0 radical (unpaired) electrons. The molecule has 2 aliphatic carbocycles. The largest absolute Gasteiger partial charge is 0.464 e. The second-order valence-corrected chi connectivity index (χ2v) is 16.0. The van der Waals surface area contributed by atoms with Crippen molar-refractivity contribution in [3.05, 3.63) is 259 Å². The highest BCUT2D eigenvalue weighted by molar-refractivity contribution is 5.98. The van der Waals surface area contributed by atoms with Gasteiger partial charge >= 0.3 is 0 Å². The number of anilines is 3. The summed E-state index contributed by atoms with van der Waals surface area (Å²) < 4.78 is 5.75. The summed E-state index contributed by atoms with van der Waals surface area (Å²) in [5, 5.41) is 0. The van der Waals surface area contributed by atoms with E-state index < -0.39 is 5.41 Å². The van der Waals surface area contributed by atoms with Crippen LogP contribution >= 0.6 is 0 Å². The van der Waals surface area contributed by atoms with Gasteiger partial charge in [0, 0.05) is 22.6 Å². The van der Waals surface area contributed by atoms with E-state index in [0.717, 1.165) is 39.5 Å². The highest BCUT2D eigenvalue weighted by Crippen LogP contribution is 2.62. The Morgan fingerprint density at radius 2 is 0.721 bits per heavy atom. The maximum Gasteiger partial charge on any atom is 0.133 e. The van der Waals surface area contributed by atoms with Crippen LogP contribution in [-0.2, 0) is 5.41 Å². The molecule has 2 aliphatic rings. The van der Waals surface area contributed by atoms with Gasteiger partial charge in [-0.1, -0.05) is 176 Å². The minimum Gasteiger partial charge on any atom is -0.464 e. The zero-order chi connectivity index (χ0) is 40.3. The lowest BCUT2D eigenvalue weighted by molar-refractivity contribution is 0.582. The van der Waals surface area contributed by atoms with Gasteiger partial charge in [0.15, 0.2) is 0 Å². The van der Waals surface area contributed by atoms with Crippen LogP contribution in [0, 0.1) is 0 Å². The molecule has 0 fully saturated rings. The van der Waals surface area contributed by atoms with Crippen molar-refractivity contribution < 1.29 is 4.42 Å². The first-order valence-corrected chi connectivity index (χ1v) is 21.0. The summed E-state index contributed by atoms with van der Waals surface area (Å²) in [6, 6.07) is 84.5. The third-order valence-corrected chi connectivity index (χ3v) is 12.8. The molecule has 0 saturated carbocycles. The third-order valence-electron chi connectivity index (χ3n) is 12.8. The summed E-state index contributed by atoms with van der Waals surface area (Å²) >= 11 is 0. The van der Waals surface area contributed by atoms with Crippen LogP contribution in [-0.4, -0.2) is 0 Å². The summed E-state index contributed by atoms with van der Waals surface area (Å²) in [6.45, 7) is 0. The molecular formula is C59H39NO. The van der Waals surface area contributed by atoms with E-state index >= 15 is 0 Å². The molecule has 61 heavy (non-hydrogen) atoms. The number of hydrogen-bond donors (Lipinski definition) is 0. The quantitative estimate of drug-likeness (QED) is 0.167. The maximum atomic E-state index is 5.75. The summed E-state index contributed by atoms with van der Waals surface area (Å²) in [5.74, 6) is 0.863. The van der Waals surface area contributed by atoms with Gasteiger partial charge in [-0.25, -0.2) is 0 Å². The molecule has 0 atom stereocenters. The first kappa shape index (κ1) is 35.0. The molecular weight excluding hydrogens is 739 g/mol. The number of nitrogens with zero attached hydrogens (tertiary/aromatic N) is 1. The Hall–Kier alpha value is -7.94. The standard InChI is InChI=1S/C59H39NO/c1-2-14-40(15-3-1)41-27-31-45(32-28-41)60(46-33-29-42(30-34-46)43-16-12-17-44(38-43)58-26-13-37-61-58)47-35-36-53-49-19-5-4-18-48(49)50-20-6-9-23-54(50)59(57(53)39-47)55-24-10-7-21-51(55)52-22-8-11-25-56(52)59/h1-39H. The van der Waals surface area contributed by atoms with E-state index in [1.54, 1.807) is 6.26 Å². The highest BCUT2D eigenvalue weighted by Gasteiger charge is 2.49. The van der Waals surface area contributed by atoms with E-state index in [4.69, 9.17) is 4.42 Å². The lowest BCUT2D eigenvalue weighted by Gasteiger charge is -2.36. The van der Waals surface area contributed by atoms with E-state index in [9.17, 15) is 0 Å². The Morgan fingerprint density at radius 3 is 1.30 bits per heavy atom. The van der Waals surface area contributed by atoms with Crippen molar-refractivity contribution in [2.45, 2.75) is 5.41 Å². The second-order valence-electron chi connectivity index (χ2n) is 16.0. The molecule has 0 N–H and O–H groups in total. The van der Waals surface area contributed by atoms with Gasteiger partial charge in [0.25, 0.3) is 0 Å². The molecule has 2 nitrogen and oxygen atoms in total. The number of fused-ring (bicyclic) bond motifs is 12. The van der Waals surface area contributed by atoms with Crippen molar-refractivity contribution in [1.29, 1.82) is 0 Å². The Balaban J connectivity index is 1.09. The molecule has 286 valence electrons. The van der Waals surface area contributed by atoms with Gasteiger partial charge in [0.2, 0.25) is 0 Å². The average Bonchev–Trinajstić information content (AvgIpc) is 3.97. The Kier molecular flexibility index (Phi) is 8.11. The molecule has 2 heteroatoms. The zero-order valence-corrected chi connectivity index (χ0v) is 33.4. The summed E-state index contributed by atoms with van der Waals surface area (Å²) in [7, 11) is 0. The SMILES string of the molecule is c1ccc(-c2ccc(N(c3ccc(-c4cccc(-c5ccco5)c4)cc3)c3ccc4c(c3)C3(c5ccccc5-c5ccccc5-4)c4ccccc4-c4ccccc43)cc2)cc1. The molecule has 0 amide bonds. The van der Waals surface area contributed by atoms with Crippen LogP contribution in [0.5, 0.6) is 0 Å². The average molecular weight is 778 g/mol. The minimum absolute atomic E-state index is 0.570. The summed E-state index contributed by atoms with van der Waals surface area (Å²) in [5.41, 5.74) is 21.2. The van der Waals surface area contributed by atoms with E-state index in [0.29, 0.717) is 0 Å². The van der Waals surface area contributed by atoms with Crippen LogP contribution in [0.2, 0.25) is 0 Å². The molecule has 10 aromatic rings.